The van der Waals surface area contributed by atoms with Crippen LogP contribution >= 0.6 is 0 Å². The fourth-order valence-corrected chi connectivity index (χ4v) is 4.02. The Kier molecular flexibility index (Phi) is 7.63. The van der Waals surface area contributed by atoms with Gasteiger partial charge in [0.25, 0.3) is 11.5 Å². The Morgan fingerprint density at radius 3 is 2.66 bits per heavy atom. The Morgan fingerprint density at radius 1 is 1.31 bits per heavy atom. The summed E-state index contributed by atoms with van der Waals surface area (Å²) in [6.45, 7) is 7.17. The van der Waals surface area contributed by atoms with E-state index >= 15 is 0 Å². The highest BCUT2D eigenvalue weighted by Crippen LogP contribution is 2.16. The number of nitrogens with one attached hydrogen (secondary N) is 1. The third-order valence-electron chi connectivity index (χ3n) is 5.73. The molecule has 1 aliphatic rings. The van der Waals surface area contributed by atoms with Crippen molar-refractivity contribution in [2.75, 3.05) is 33.7 Å². The summed E-state index contributed by atoms with van der Waals surface area (Å²) in [6.07, 6.45) is 0.487. The number of likely N-dealkylation sites (N-methyl/N-ethyl adjacent to an activating group) is 2. The van der Waals surface area contributed by atoms with Crippen LogP contribution in [0, 0.1) is 11.7 Å². The summed E-state index contributed by atoms with van der Waals surface area (Å²) in [7, 11) is 4.07. The monoisotopic (exact) mass is 445 g/mol. The smallest absolute Gasteiger partial charge is 0.296 e. The molecule has 0 aliphatic carbocycles. The number of hydrogen-bond donors (Lipinski definition) is 2. The third kappa shape index (κ3) is 5.72. The molecule has 0 spiro atoms. The molecule has 1 aromatic heterocycles. The molecule has 2 N–H and O–H groups in total. The molecule has 1 atom stereocenters. The van der Waals surface area contributed by atoms with Crippen molar-refractivity contribution >= 4 is 5.91 Å². The highest BCUT2D eigenvalue weighted by atomic mass is 19.1. The van der Waals surface area contributed by atoms with E-state index in [1.54, 1.807) is 12.1 Å². The van der Waals surface area contributed by atoms with E-state index < -0.39 is 17.2 Å². The van der Waals surface area contributed by atoms with Crippen LogP contribution in [0.2, 0.25) is 0 Å². The molecule has 1 unspecified atom stereocenters. The maximum atomic E-state index is 13.1. The Hall–Kier alpha value is -2.78. The predicted octanol–water partition coefficient (Wildman–Crippen LogP) is 1.46. The first-order valence-corrected chi connectivity index (χ1v) is 10.9. The second-order valence-electron chi connectivity index (χ2n) is 8.94. The lowest BCUT2D eigenvalue weighted by atomic mass is 10.1. The van der Waals surface area contributed by atoms with Gasteiger partial charge in [-0.1, -0.05) is 26.0 Å². The van der Waals surface area contributed by atoms with Crippen molar-refractivity contribution < 1.29 is 14.3 Å². The molecule has 2 heterocycles. The lowest BCUT2D eigenvalue weighted by Gasteiger charge is -2.35. The van der Waals surface area contributed by atoms with E-state index in [-0.39, 0.29) is 24.1 Å². The largest absolute Gasteiger partial charge is 0.501 e. The Bertz CT molecular complexity index is 1010. The van der Waals surface area contributed by atoms with E-state index in [2.05, 4.69) is 41.0 Å². The highest BCUT2D eigenvalue weighted by molar-refractivity contribution is 5.94. The molecule has 1 aliphatic heterocycles. The van der Waals surface area contributed by atoms with Gasteiger partial charge >= 0.3 is 0 Å². The third-order valence-corrected chi connectivity index (χ3v) is 5.73. The maximum absolute atomic E-state index is 13.1. The lowest BCUT2D eigenvalue weighted by molar-refractivity contribution is 0.0940. The fraction of sp³-hybridized carbons (Fsp3) is 0.522. The summed E-state index contributed by atoms with van der Waals surface area (Å²) in [5.74, 6) is -0.678. The second kappa shape index (κ2) is 10.2. The zero-order valence-electron chi connectivity index (χ0n) is 19.1. The molecule has 32 heavy (non-hydrogen) atoms. The van der Waals surface area contributed by atoms with Crippen LogP contribution in [0.15, 0.2) is 29.1 Å². The second-order valence-corrected chi connectivity index (χ2v) is 8.94. The topological polar surface area (TPSA) is 90.7 Å². The van der Waals surface area contributed by atoms with Gasteiger partial charge in [-0.15, -0.1) is 0 Å². The molecule has 3 rings (SSSR count). The van der Waals surface area contributed by atoms with Gasteiger partial charge in [-0.3, -0.25) is 14.2 Å². The molecule has 1 aromatic carbocycles. The van der Waals surface area contributed by atoms with E-state index in [9.17, 15) is 19.1 Å². The SMILES string of the molecule is CC(C)CN(C)C1Cc2nc(C(=O)NCc3ccc(F)cc3)c(O)c(=O)n2CCN(C)C1. The molecule has 0 saturated heterocycles. The number of aromatic hydroxyl groups is 1. The van der Waals surface area contributed by atoms with Crippen LogP contribution in [0.1, 0.15) is 35.7 Å². The molecule has 1 amide bonds. The molecule has 0 radical (unpaired) electrons. The molecule has 2 aromatic rings. The summed E-state index contributed by atoms with van der Waals surface area (Å²) in [4.78, 5) is 34.5. The van der Waals surface area contributed by atoms with Gasteiger partial charge in [0, 0.05) is 45.2 Å². The molecule has 0 fully saturated rings. The quantitative estimate of drug-likeness (QED) is 0.700. The zero-order valence-corrected chi connectivity index (χ0v) is 19.1. The van der Waals surface area contributed by atoms with Crippen molar-refractivity contribution in [1.29, 1.82) is 0 Å². The van der Waals surface area contributed by atoms with Crippen molar-refractivity contribution in [3.05, 3.63) is 57.5 Å². The number of halogens is 1. The summed E-state index contributed by atoms with van der Waals surface area (Å²) in [5, 5.41) is 13.1. The van der Waals surface area contributed by atoms with Crippen molar-refractivity contribution in [3.63, 3.8) is 0 Å². The number of carbonyl (C=O) groups is 1. The number of aromatic nitrogens is 2. The van der Waals surface area contributed by atoms with Crippen molar-refractivity contribution in [1.82, 2.24) is 24.7 Å². The van der Waals surface area contributed by atoms with Crippen molar-refractivity contribution in [2.45, 2.75) is 39.4 Å². The van der Waals surface area contributed by atoms with Crippen LogP contribution < -0.4 is 10.9 Å². The van der Waals surface area contributed by atoms with E-state index in [0.717, 1.165) is 13.1 Å². The van der Waals surface area contributed by atoms with Crippen LogP contribution in [-0.4, -0.2) is 70.1 Å². The average molecular weight is 446 g/mol. The fourth-order valence-electron chi connectivity index (χ4n) is 4.02. The van der Waals surface area contributed by atoms with E-state index in [4.69, 9.17) is 0 Å². The number of nitrogens with zero attached hydrogens (tertiary/aromatic N) is 4. The molecule has 0 saturated carbocycles. The van der Waals surface area contributed by atoms with Gasteiger partial charge in [-0.25, -0.2) is 9.37 Å². The van der Waals surface area contributed by atoms with E-state index in [0.29, 0.717) is 36.8 Å². The maximum Gasteiger partial charge on any atom is 0.296 e. The molecule has 9 heteroatoms. The average Bonchev–Trinajstić information content (AvgIpc) is 2.72. The Balaban J connectivity index is 1.87. The molecule has 174 valence electrons. The van der Waals surface area contributed by atoms with Gasteiger partial charge < -0.3 is 20.2 Å². The van der Waals surface area contributed by atoms with Gasteiger partial charge in [-0.05, 0) is 37.7 Å². The van der Waals surface area contributed by atoms with Gasteiger partial charge in [0.15, 0.2) is 5.69 Å². The van der Waals surface area contributed by atoms with E-state index in [1.165, 1.54) is 16.7 Å². The minimum Gasteiger partial charge on any atom is -0.501 e. The van der Waals surface area contributed by atoms with Gasteiger partial charge in [0.1, 0.15) is 11.6 Å². The Labute approximate surface area is 187 Å². The normalized spacial score (nSPS) is 17.2. The van der Waals surface area contributed by atoms with Crippen molar-refractivity contribution in [3.8, 4) is 5.75 Å². The molecular weight excluding hydrogens is 413 g/mol. The van der Waals surface area contributed by atoms with E-state index in [1.807, 2.05) is 7.05 Å². The van der Waals surface area contributed by atoms with Gasteiger partial charge in [-0.2, -0.15) is 0 Å². The van der Waals surface area contributed by atoms with Crippen LogP contribution in [0.3, 0.4) is 0 Å². The van der Waals surface area contributed by atoms with Crippen LogP contribution in [0.25, 0.3) is 0 Å². The van der Waals surface area contributed by atoms with Crippen LogP contribution in [0.5, 0.6) is 5.75 Å². The van der Waals surface area contributed by atoms with Gasteiger partial charge in [0.05, 0.1) is 0 Å². The number of rotatable bonds is 6. The molecular formula is C23H32FN5O3. The number of fused-ring (bicyclic) bond motifs is 1. The molecule has 0 bridgehead atoms. The predicted molar refractivity (Wildman–Crippen MR) is 120 cm³/mol. The first-order valence-electron chi connectivity index (χ1n) is 10.9. The zero-order chi connectivity index (χ0) is 23.4. The minimum absolute atomic E-state index is 0.112. The van der Waals surface area contributed by atoms with Gasteiger partial charge in [0.2, 0.25) is 5.75 Å². The summed E-state index contributed by atoms with van der Waals surface area (Å²) >= 11 is 0. The highest BCUT2D eigenvalue weighted by Gasteiger charge is 2.27. The summed E-state index contributed by atoms with van der Waals surface area (Å²) < 4.78 is 14.5. The minimum atomic E-state index is -0.652. The number of hydrogen-bond acceptors (Lipinski definition) is 6. The standard InChI is InChI=1S/C23H32FN5O3/c1-15(2)13-28(4)18-11-19-26-20(21(30)23(32)29(19)10-9-27(3)14-18)22(31)25-12-16-5-7-17(24)8-6-16/h5-8,15,18,30H,9-14H2,1-4H3,(H,25,31). The van der Waals surface area contributed by atoms with Crippen LogP contribution in [0.4, 0.5) is 4.39 Å². The summed E-state index contributed by atoms with van der Waals surface area (Å²) in [5.41, 5.74) is -0.189. The van der Waals surface area contributed by atoms with Crippen LogP contribution in [-0.2, 0) is 19.5 Å². The lowest BCUT2D eigenvalue weighted by Crippen LogP contribution is -2.48. The first-order chi connectivity index (χ1) is 15.2. The number of carbonyl (C=O) groups excluding carboxylic acids is 1. The number of amides is 1. The summed E-state index contributed by atoms with van der Waals surface area (Å²) in [6, 6.07) is 5.84. The Morgan fingerprint density at radius 2 is 2.00 bits per heavy atom. The first kappa shape index (κ1) is 23.9. The molecule has 8 nitrogen and oxygen atoms in total. The van der Waals surface area contributed by atoms with Crippen molar-refractivity contribution in [2.24, 2.45) is 5.92 Å². The number of benzene rings is 1.